The van der Waals surface area contributed by atoms with Crippen molar-refractivity contribution >= 4 is 0 Å². The zero-order valence-electron chi connectivity index (χ0n) is 10.8. The fourth-order valence-corrected chi connectivity index (χ4v) is 2.58. The van der Waals surface area contributed by atoms with Crippen molar-refractivity contribution in [1.29, 1.82) is 0 Å². The van der Waals surface area contributed by atoms with Crippen LogP contribution in [0.25, 0.3) is 0 Å². The molecule has 2 nitrogen and oxygen atoms in total. The molecule has 0 spiro atoms. The van der Waals surface area contributed by atoms with Gasteiger partial charge in [0, 0.05) is 6.42 Å². The molecule has 0 amide bonds. The molecule has 0 radical (unpaired) electrons. The molecule has 2 unspecified atom stereocenters. The molecule has 2 N–H and O–H groups in total. The number of nitrogens with two attached hydrogens (primary N) is 1. The van der Waals surface area contributed by atoms with E-state index in [0.29, 0.717) is 5.56 Å². The van der Waals surface area contributed by atoms with Crippen molar-refractivity contribution in [3.63, 3.8) is 0 Å². The van der Waals surface area contributed by atoms with Crippen molar-refractivity contribution in [3.8, 4) is 5.75 Å². The van der Waals surface area contributed by atoms with E-state index in [1.54, 1.807) is 25.1 Å². The van der Waals surface area contributed by atoms with Crippen LogP contribution < -0.4 is 10.5 Å². The highest BCUT2D eigenvalue weighted by atomic mass is 19.1. The second-order valence-corrected chi connectivity index (χ2v) is 4.97. The monoisotopic (exact) mass is 257 g/mol. The highest BCUT2D eigenvalue weighted by Crippen LogP contribution is 2.33. The summed E-state index contributed by atoms with van der Waals surface area (Å²) >= 11 is 0. The van der Waals surface area contributed by atoms with Crippen molar-refractivity contribution in [2.75, 3.05) is 0 Å². The summed E-state index contributed by atoms with van der Waals surface area (Å²) in [6, 6.07) is 13.0. The Morgan fingerprint density at radius 2 is 1.95 bits per heavy atom. The van der Waals surface area contributed by atoms with Gasteiger partial charge >= 0.3 is 0 Å². The van der Waals surface area contributed by atoms with E-state index in [1.165, 1.54) is 5.56 Å². The molecule has 0 heterocycles. The molecule has 3 heteroatoms. The van der Waals surface area contributed by atoms with Crippen LogP contribution in [0.4, 0.5) is 4.39 Å². The molecule has 0 fully saturated rings. The van der Waals surface area contributed by atoms with E-state index in [9.17, 15) is 4.39 Å². The molecule has 98 valence electrons. The maximum Gasteiger partial charge on any atom is 0.167 e. The molecule has 2 atom stereocenters. The van der Waals surface area contributed by atoms with Gasteiger partial charge in [0.05, 0.1) is 6.04 Å². The molecule has 0 saturated heterocycles. The lowest BCUT2D eigenvalue weighted by atomic mass is 10.1. The first-order valence-corrected chi connectivity index (χ1v) is 6.42. The molecule has 3 rings (SSSR count). The first-order valence-electron chi connectivity index (χ1n) is 6.42. The summed E-state index contributed by atoms with van der Waals surface area (Å²) in [5, 5.41) is 0. The Bertz CT molecular complexity index is 611. The number of benzene rings is 2. The maximum atomic E-state index is 13.9. The van der Waals surface area contributed by atoms with Crippen molar-refractivity contribution in [3.05, 3.63) is 65.0 Å². The summed E-state index contributed by atoms with van der Waals surface area (Å²) in [6.07, 6.45) is 0.527. The van der Waals surface area contributed by atoms with Gasteiger partial charge in [-0.15, -0.1) is 0 Å². The Morgan fingerprint density at radius 3 is 2.74 bits per heavy atom. The highest BCUT2D eigenvalue weighted by Gasteiger charge is 2.31. The Labute approximate surface area is 112 Å². The first-order chi connectivity index (χ1) is 9.16. The number of aryl methyl sites for hydroxylation is 1. The molecule has 0 saturated carbocycles. The third-order valence-electron chi connectivity index (χ3n) is 3.67. The van der Waals surface area contributed by atoms with Crippen LogP contribution in [0.2, 0.25) is 0 Å². The van der Waals surface area contributed by atoms with Gasteiger partial charge < -0.3 is 10.5 Å². The van der Waals surface area contributed by atoms with Gasteiger partial charge in [0.15, 0.2) is 11.6 Å². The summed E-state index contributed by atoms with van der Waals surface area (Å²) in [5.74, 6) is -0.0149. The van der Waals surface area contributed by atoms with Crippen LogP contribution in [0.15, 0.2) is 42.5 Å². The topological polar surface area (TPSA) is 35.2 Å². The van der Waals surface area contributed by atoms with E-state index in [4.69, 9.17) is 10.5 Å². The lowest BCUT2D eigenvalue weighted by Gasteiger charge is -2.19. The highest BCUT2D eigenvalue weighted by molar-refractivity contribution is 5.37. The fourth-order valence-electron chi connectivity index (χ4n) is 2.58. The number of hydrogen-bond donors (Lipinski definition) is 1. The van der Waals surface area contributed by atoms with Gasteiger partial charge in [-0.2, -0.15) is 0 Å². The summed E-state index contributed by atoms with van der Waals surface area (Å²) in [4.78, 5) is 0. The zero-order valence-corrected chi connectivity index (χ0v) is 10.8. The largest absolute Gasteiger partial charge is 0.485 e. The summed E-state index contributed by atoms with van der Waals surface area (Å²) in [5.41, 5.74) is 9.05. The predicted molar refractivity (Wildman–Crippen MR) is 72.6 cm³/mol. The predicted octanol–water partition coefficient (Wildman–Crippen LogP) is 3.14. The van der Waals surface area contributed by atoms with E-state index < -0.39 is 0 Å². The van der Waals surface area contributed by atoms with E-state index in [1.807, 2.05) is 24.3 Å². The van der Waals surface area contributed by atoms with Gasteiger partial charge in [-0.05, 0) is 29.7 Å². The molecule has 1 aliphatic carbocycles. The summed E-state index contributed by atoms with van der Waals surface area (Å²) < 4.78 is 19.7. The molecular formula is C16H16FNO. The van der Waals surface area contributed by atoms with Gasteiger partial charge in [0.1, 0.15) is 6.10 Å². The minimum absolute atomic E-state index is 0.198. The van der Waals surface area contributed by atoms with Crippen LogP contribution in [0.1, 0.15) is 22.7 Å². The summed E-state index contributed by atoms with van der Waals surface area (Å²) in [6.45, 7) is 1.73. The molecule has 2 aromatic carbocycles. The van der Waals surface area contributed by atoms with Crippen molar-refractivity contribution in [2.24, 2.45) is 5.73 Å². The number of fused-ring (bicyclic) bond motifs is 1. The average Bonchev–Trinajstić information content (AvgIpc) is 2.73. The molecule has 0 aromatic heterocycles. The van der Waals surface area contributed by atoms with Crippen LogP contribution in [0.5, 0.6) is 5.75 Å². The first kappa shape index (κ1) is 12.2. The number of hydrogen-bond acceptors (Lipinski definition) is 2. The quantitative estimate of drug-likeness (QED) is 0.897. The Kier molecular flexibility index (Phi) is 2.99. The Hall–Kier alpha value is -1.87. The van der Waals surface area contributed by atoms with Crippen molar-refractivity contribution < 1.29 is 9.13 Å². The molecule has 19 heavy (non-hydrogen) atoms. The Balaban J connectivity index is 1.85. The van der Waals surface area contributed by atoms with Crippen LogP contribution in [0.3, 0.4) is 0 Å². The third kappa shape index (κ3) is 2.10. The second-order valence-electron chi connectivity index (χ2n) is 4.97. The lowest BCUT2D eigenvalue weighted by molar-refractivity contribution is 0.177. The Morgan fingerprint density at radius 1 is 1.16 bits per heavy atom. The minimum Gasteiger partial charge on any atom is -0.485 e. The van der Waals surface area contributed by atoms with E-state index in [2.05, 4.69) is 0 Å². The van der Waals surface area contributed by atoms with Crippen molar-refractivity contribution in [2.45, 2.75) is 25.5 Å². The van der Waals surface area contributed by atoms with E-state index >= 15 is 0 Å². The molecular weight excluding hydrogens is 241 g/mol. The van der Waals surface area contributed by atoms with E-state index in [0.717, 1.165) is 12.0 Å². The molecule has 2 aromatic rings. The molecule has 0 bridgehead atoms. The van der Waals surface area contributed by atoms with Gasteiger partial charge in [-0.1, -0.05) is 36.4 Å². The average molecular weight is 257 g/mol. The van der Waals surface area contributed by atoms with Crippen LogP contribution in [0, 0.1) is 12.7 Å². The maximum absolute atomic E-state index is 13.9. The standard InChI is InChI=1S/C16H16FNO/c1-10-5-4-8-13(15(10)17)19-14-9-11-6-2-3-7-12(11)16(14)18/h2-8,14,16H,9,18H2,1H3. The van der Waals surface area contributed by atoms with Crippen LogP contribution >= 0.6 is 0 Å². The van der Waals surface area contributed by atoms with Gasteiger partial charge in [-0.3, -0.25) is 0 Å². The third-order valence-corrected chi connectivity index (χ3v) is 3.67. The normalized spacial score (nSPS) is 21.2. The summed E-state index contributed by atoms with van der Waals surface area (Å²) in [7, 11) is 0. The van der Waals surface area contributed by atoms with Crippen LogP contribution in [-0.4, -0.2) is 6.10 Å². The number of rotatable bonds is 2. The number of halogens is 1. The van der Waals surface area contributed by atoms with Crippen LogP contribution in [-0.2, 0) is 6.42 Å². The minimum atomic E-state index is -0.300. The zero-order chi connectivity index (χ0) is 13.4. The van der Waals surface area contributed by atoms with Gasteiger partial charge in [0.2, 0.25) is 0 Å². The van der Waals surface area contributed by atoms with Gasteiger partial charge in [-0.25, -0.2) is 4.39 Å². The SMILES string of the molecule is Cc1cccc(OC2Cc3ccccc3C2N)c1F. The number of ether oxygens (including phenoxy) is 1. The molecule has 0 aliphatic heterocycles. The second kappa shape index (κ2) is 4.67. The molecule has 1 aliphatic rings. The van der Waals surface area contributed by atoms with E-state index in [-0.39, 0.29) is 23.7 Å². The van der Waals surface area contributed by atoms with Crippen molar-refractivity contribution in [1.82, 2.24) is 0 Å². The lowest BCUT2D eigenvalue weighted by Crippen LogP contribution is -2.28. The smallest absolute Gasteiger partial charge is 0.167 e. The fraction of sp³-hybridized carbons (Fsp3) is 0.250. The van der Waals surface area contributed by atoms with Gasteiger partial charge in [0.25, 0.3) is 0 Å².